The van der Waals surface area contributed by atoms with Gasteiger partial charge in [0, 0.05) is 25.2 Å². The third-order valence-corrected chi connectivity index (χ3v) is 4.51. The molecule has 124 valence electrons. The lowest BCUT2D eigenvalue weighted by Crippen LogP contribution is -2.42. The third-order valence-electron chi connectivity index (χ3n) is 4.51. The zero-order chi connectivity index (χ0) is 16.2. The van der Waals surface area contributed by atoms with Crippen molar-refractivity contribution >= 4 is 17.3 Å². The minimum atomic E-state index is 0.0639. The Morgan fingerprint density at radius 3 is 3.13 bits per heavy atom. The lowest BCUT2D eigenvalue weighted by molar-refractivity contribution is -0.118. The molecule has 0 radical (unpaired) electrons. The van der Waals surface area contributed by atoms with E-state index in [0.717, 1.165) is 43.6 Å². The second-order valence-electron chi connectivity index (χ2n) is 6.35. The van der Waals surface area contributed by atoms with E-state index in [4.69, 9.17) is 4.84 Å². The predicted molar refractivity (Wildman–Crippen MR) is 91.9 cm³/mol. The second kappa shape index (κ2) is 7.13. The molecular formula is C18H25N3O2. The predicted octanol–water partition coefficient (Wildman–Crippen LogP) is 2.42. The summed E-state index contributed by atoms with van der Waals surface area (Å²) in [6.07, 6.45) is 3.94. The van der Waals surface area contributed by atoms with Crippen LogP contribution in [0.3, 0.4) is 0 Å². The first-order valence-electron chi connectivity index (χ1n) is 8.49. The summed E-state index contributed by atoms with van der Waals surface area (Å²) >= 11 is 0. The molecule has 0 saturated heterocycles. The zero-order valence-corrected chi connectivity index (χ0v) is 14.0. The Bertz CT molecular complexity index is 612. The van der Waals surface area contributed by atoms with Crippen LogP contribution >= 0.6 is 0 Å². The Kier molecular flexibility index (Phi) is 4.96. The van der Waals surface area contributed by atoms with E-state index in [-0.39, 0.29) is 12.0 Å². The van der Waals surface area contributed by atoms with Gasteiger partial charge in [-0.15, -0.1) is 0 Å². The molecule has 5 heteroatoms. The molecule has 2 aliphatic rings. The molecule has 0 fully saturated rings. The number of hydrogen-bond donors (Lipinski definition) is 1. The molecule has 0 spiro atoms. The average Bonchev–Trinajstić information content (AvgIpc) is 3.02. The lowest BCUT2D eigenvalue weighted by atomic mass is 9.99. The van der Waals surface area contributed by atoms with E-state index in [9.17, 15) is 4.79 Å². The van der Waals surface area contributed by atoms with Gasteiger partial charge in [-0.1, -0.05) is 29.8 Å². The average molecular weight is 315 g/mol. The molecule has 0 saturated carbocycles. The third kappa shape index (κ3) is 3.72. The first kappa shape index (κ1) is 16.0. The Balaban J connectivity index is 1.52. The number of aryl methyl sites for hydroxylation is 2. The molecule has 5 nitrogen and oxygen atoms in total. The number of rotatable bonds is 5. The van der Waals surface area contributed by atoms with Gasteiger partial charge in [-0.3, -0.25) is 4.79 Å². The fourth-order valence-corrected chi connectivity index (χ4v) is 3.23. The van der Waals surface area contributed by atoms with Gasteiger partial charge in [0.05, 0.1) is 12.3 Å². The van der Waals surface area contributed by atoms with Crippen molar-refractivity contribution in [3.05, 3.63) is 29.3 Å². The smallest absolute Gasteiger partial charge is 0.240 e. The van der Waals surface area contributed by atoms with Crippen LogP contribution in [0.25, 0.3) is 0 Å². The van der Waals surface area contributed by atoms with Gasteiger partial charge in [-0.05, 0) is 37.8 Å². The molecule has 3 rings (SSSR count). The summed E-state index contributed by atoms with van der Waals surface area (Å²) in [6, 6.07) is 6.34. The van der Waals surface area contributed by atoms with Gasteiger partial charge < -0.3 is 15.1 Å². The molecule has 2 heterocycles. The minimum absolute atomic E-state index is 0.0639. The number of carbonyl (C=O) groups excluding carboxylic acids is 1. The Labute approximate surface area is 137 Å². The van der Waals surface area contributed by atoms with E-state index in [1.54, 1.807) is 0 Å². The monoisotopic (exact) mass is 315 g/mol. The molecular weight excluding hydrogens is 290 g/mol. The normalized spacial score (nSPS) is 20.0. The molecule has 1 N–H and O–H groups in total. The van der Waals surface area contributed by atoms with Crippen LogP contribution in [0.5, 0.6) is 0 Å². The van der Waals surface area contributed by atoms with Crippen molar-refractivity contribution in [1.82, 2.24) is 5.32 Å². The number of anilines is 1. The van der Waals surface area contributed by atoms with Crippen molar-refractivity contribution in [3.8, 4) is 0 Å². The van der Waals surface area contributed by atoms with Crippen molar-refractivity contribution in [2.24, 2.45) is 5.16 Å². The van der Waals surface area contributed by atoms with Crippen molar-refractivity contribution in [2.45, 2.75) is 45.6 Å². The number of hydrogen-bond acceptors (Lipinski definition) is 4. The molecule has 1 aromatic rings. The van der Waals surface area contributed by atoms with Gasteiger partial charge >= 0.3 is 0 Å². The number of carbonyl (C=O) groups is 1. The molecule has 2 aliphatic heterocycles. The van der Waals surface area contributed by atoms with Crippen LogP contribution in [0.1, 0.15) is 37.3 Å². The van der Waals surface area contributed by atoms with Crippen LogP contribution in [-0.2, 0) is 16.1 Å². The van der Waals surface area contributed by atoms with Gasteiger partial charge in [-0.25, -0.2) is 0 Å². The van der Waals surface area contributed by atoms with Crippen molar-refractivity contribution in [1.29, 1.82) is 0 Å². The van der Waals surface area contributed by atoms with E-state index >= 15 is 0 Å². The highest BCUT2D eigenvalue weighted by Crippen LogP contribution is 2.27. The summed E-state index contributed by atoms with van der Waals surface area (Å²) in [5.74, 6) is 0.129. The van der Waals surface area contributed by atoms with E-state index in [2.05, 4.69) is 42.5 Å². The summed E-state index contributed by atoms with van der Waals surface area (Å²) in [5, 5.41) is 7.26. The number of fused-ring (bicyclic) bond motifs is 1. The molecule has 0 aliphatic carbocycles. The summed E-state index contributed by atoms with van der Waals surface area (Å²) in [4.78, 5) is 19.8. The Hall–Kier alpha value is -1.88. The van der Waals surface area contributed by atoms with E-state index in [1.807, 2.05) is 4.90 Å². The van der Waals surface area contributed by atoms with Crippen LogP contribution in [-0.4, -0.2) is 37.4 Å². The SMILES string of the molecule is CCC1=NO[C@H](CNCC(=O)N2CCCc3cc(C)ccc32)C1. The van der Waals surface area contributed by atoms with Crippen molar-refractivity contribution in [2.75, 3.05) is 24.5 Å². The highest BCUT2D eigenvalue weighted by atomic mass is 16.6. The topological polar surface area (TPSA) is 53.9 Å². The minimum Gasteiger partial charge on any atom is -0.391 e. The van der Waals surface area contributed by atoms with Crippen molar-refractivity contribution in [3.63, 3.8) is 0 Å². The van der Waals surface area contributed by atoms with Gasteiger partial charge in [0.2, 0.25) is 5.91 Å². The fraction of sp³-hybridized carbons (Fsp3) is 0.556. The highest BCUT2D eigenvalue weighted by Gasteiger charge is 2.23. The molecule has 1 aromatic carbocycles. The molecule has 23 heavy (non-hydrogen) atoms. The lowest BCUT2D eigenvalue weighted by Gasteiger charge is -2.30. The van der Waals surface area contributed by atoms with E-state index in [1.165, 1.54) is 11.1 Å². The number of oxime groups is 1. The number of nitrogens with one attached hydrogen (secondary N) is 1. The van der Waals surface area contributed by atoms with Gasteiger partial charge in [0.1, 0.15) is 6.10 Å². The van der Waals surface area contributed by atoms with Gasteiger partial charge in [-0.2, -0.15) is 0 Å². The van der Waals surface area contributed by atoms with Gasteiger partial charge in [0.25, 0.3) is 0 Å². The highest BCUT2D eigenvalue weighted by molar-refractivity contribution is 5.96. The van der Waals surface area contributed by atoms with Crippen LogP contribution < -0.4 is 10.2 Å². The first-order valence-corrected chi connectivity index (χ1v) is 8.49. The van der Waals surface area contributed by atoms with Crippen LogP contribution in [0.2, 0.25) is 0 Å². The van der Waals surface area contributed by atoms with Crippen LogP contribution in [0.4, 0.5) is 5.69 Å². The maximum atomic E-state index is 12.5. The maximum absolute atomic E-state index is 12.5. The molecule has 0 aromatic heterocycles. The fourth-order valence-electron chi connectivity index (χ4n) is 3.23. The number of amides is 1. The maximum Gasteiger partial charge on any atom is 0.240 e. The molecule has 0 bridgehead atoms. The zero-order valence-electron chi connectivity index (χ0n) is 14.0. The van der Waals surface area contributed by atoms with E-state index < -0.39 is 0 Å². The number of nitrogens with zero attached hydrogens (tertiary/aromatic N) is 2. The second-order valence-corrected chi connectivity index (χ2v) is 6.35. The molecule has 0 unspecified atom stereocenters. The van der Waals surface area contributed by atoms with Crippen LogP contribution in [0.15, 0.2) is 23.4 Å². The quantitative estimate of drug-likeness (QED) is 0.908. The summed E-state index contributed by atoms with van der Waals surface area (Å²) < 4.78 is 0. The largest absolute Gasteiger partial charge is 0.391 e. The standard InChI is InChI=1S/C18H25N3O2/c1-3-15-10-16(23-20-15)11-19-12-18(22)21-8-4-5-14-9-13(2)6-7-17(14)21/h6-7,9,16,19H,3-5,8,10-12H2,1-2H3/t16-/m0/s1. The van der Waals surface area contributed by atoms with Crippen LogP contribution in [0, 0.1) is 6.92 Å². The summed E-state index contributed by atoms with van der Waals surface area (Å²) in [7, 11) is 0. The Morgan fingerprint density at radius 1 is 1.48 bits per heavy atom. The first-order chi connectivity index (χ1) is 11.2. The molecule has 1 amide bonds. The molecule has 1 atom stereocenters. The van der Waals surface area contributed by atoms with E-state index in [0.29, 0.717) is 13.1 Å². The van der Waals surface area contributed by atoms with Crippen molar-refractivity contribution < 1.29 is 9.63 Å². The summed E-state index contributed by atoms with van der Waals surface area (Å²) in [6.45, 7) is 5.98. The summed E-state index contributed by atoms with van der Waals surface area (Å²) in [5.41, 5.74) is 4.71. The Morgan fingerprint density at radius 2 is 2.35 bits per heavy atom. The number of benzene rings is 1. The van der Waals surface area contributed by atoms with Gasteiger partial charge in [0.15, 0.2) is 0 Å².